The van der Waals surface area contributed by atoms with Crippen molar-refractivity contribution in [2.24, 2.45) is 0 Å². The van der Waals surface area contributed by atoms with Crippen LogP contribution in [-0.4, -0.2) is 29.7 Å². The molecule has 80 valence electrons. The molecule has 1 aromatic rings. The van der Waals surface area contributed by atoms with Gasteiger partial charge in [0.1, 0.15) is 11.8 Å². The molecule has 0 bridgehead atoms. The van der Waals surface area contributed by atoms with Crippen LogP contribution < -0.4 is 0 Å². The van der Waals surface area contributed by atoms with E-state index in [1.807, 2.05) is 11.0 Å². The van der Waals surface area contributed by atoms with Crippen LogP contribution in [0.2, 0.25) is 0 Å². The van der Waals surface area contributed by atoms with Gasteiger partial charge in [-0.2, -0.15) is 5.26 Å². The highest BCUT2D eigenvalue weighted by Gasteiger charge is 2.07. The van der Waals surface area contributed by atoms with Gasteiger partial charge in [0.25, 0.3) is 0 Å². The number of hydrogen-bond acceptors (Lipinski definition) is 4. The third kappa shape index (κ3) is 3.58. The van der Waals surface area contributed by atoms with Gasteiger partial charge in [-0.15, -0.1) is 6.58 Å². The zero-order valence-electron chi connectivity index (χ0n) is 8.52. The summed E-state index contributed by atoms with van der Waals surface area (Å²) in [7, 11) is 0. The van der Waals surface area contributed by atoms with Crippen molar-refractivity contribution < 1.29 is 9.52 Å². The summed E-state index contributed by atoms with van der Waals surface area (Å²) in [4.78, 5) is 1.98. The summed E-state index contributed by atoms with van der Waals surface area (Å²) in [6.07, 6.45) is 1.77. The van der Waals surface area contributed by atoms with Gasteiger partial charge in [-0.05, 0) is 12.1 Å². The topological polar surface area (TPSA) is 60.4 Å². The molecule has 0 radical (unpaired) electrons. The summed E-state index contributed by atoms with van der Waals surface area (Å²) >= 11 is 0. The van der Waals surface area contributed by atoms with Crippen molar-refractivity contribution >= 4 is 0 Å². The number of furan rings is 1. The van der Waals surface area contributed by atoms with E-state index in [9.17, 15) is 0 Å². The zero-order chi connectivity index (χ0) is 11.1. The molecule has 0 aliphatic rings. The lowest BCUT2D eigenvalue weighted by Crippen LogP contribution is -2.26. The van der Waals surface area contributed by atoms with Crippen LogP contribution in [0.15, 0.2) is 29.2 Å². The lowest BCUT2D eigenvalue weighted by Gasteiger charge is -2.17. The van der Waals surface area contributed by atoms with Gasteiger partial charge in [0.05, 0.1) is 13.2 Å². The molecule has 0 atom stereocenters. The van der Waals surface area contributed by atoms with E-state index < -0.39 is 0 Å². The Balaban J connectivity index is 2.57. The number of rotatable bonds is 6. The molecule has 15 heavy (non-hydrogen) atoms. The highest BCUT2D eigenvalue weighted by Crippen LogP contribution is 2.09. The third-order valence-corrected chi connectivity index (χ3v) is 1.95. The molecule has 4 heteroatoms. The number of nitriles is 1. The summed E-state index contributed by atoms with van der Waals surface area (Å²) in [6, 6.07) is 5.34. The van der Waals surface area contributed by atoms with E-state index in [1.165, 1.54) is 0 Å². The quantitative estimate of drug-likeness (QED) is 0.709. The Kier molecular flexibility index (Phi) is 4.61. The monoisotopic (exact) mass is 206 g/mol. The Labute approximate surface area is 89.0 Å². The third-order valence-electron chi connectivity index (χ3n) is 1.95. The summed E-state index contributed by atoms with van der Waals surface area (Å²) in [5, 5.41) is 17.4. The van der Waals surface area contributed by atoms with Gasteiger partial charge >= 0.3 is 0 Å². The number of nitrogens with zero attached hydrogens (tertiary/aromatic N) is 2. The van der Waals surface area contributed by atoms with E-state index in [0.29, 0.717) is 25.4 Å². The summed E-state index contributed by atoms with van der Waals surface area (Å²) in [5.74, 6) is 1.04. The van der Waals surface area contributed by atoms with Crippen LogP contribution in [0.1, 0.15) is 11.5 Å². The largest absolute Gasteiger partial charge is 0.449 e. The fourth-order valence-electron chi connectivity index (χ4n) is 1.30. The van der Waals surface area contributed by atoms with Gasteiger partial charge in [0.2, 0.25) is 5.76 Å². The van der Waals surface area contributed by atoms with Crippen molar-refractivity contribution in [3.05, 3.63) is 36.3 Å². The van der Waals surface area contributed by atoms with Crippen LogP contribution in [0, 0.1) is 11.3 Å². The van der Waals surface area contributed by atoms with Crippen molar-refractivity contribution in [1.29, 1.82) is 5.26 Å². The minimum Gasteiger partial charge on any atom is -0.449 e. The molecule has 1 heterocycles. The van der Waals surface area contributed by atoms with Crippen LogP contribution >= 0.6 is 0 Å². The van der Waals surface area contributed by atoms with Crippen molar-refractivity contribution in [1.82, 2.24) is 4.90 Å². The summed E-state index contributed by atoms with van der Waals surface area (Å²) in [5.41, 5.74) is 0. The molecule has 0 aromatic carbocycles. The average molecular weight is 206 g/mol. The highest BCUT2D eigenvalue weighted by atomic mass is 16.3. The molecule has 4 nitrogen and oxygen atoms in total. The summed E-state index contributed by atoms with van der Waals surface area (Å²) in [6.45, 7) is 5.56. The number of hydrogen-bond donors (Lipinski definition) is 1. The lowest BCUT2D eigenvalue weighted by molar-refractivity contribution is 0.194. The van der Waals surface area contributed by atoms with Crippen LogP contribution in [0.25, 0.3) is 0 Å². The fraction of sp³-hybridized carbons (Fsp3) is 0.364. The van der Waals surface area contributed by atoms with Gasteiger partial charge in [-0.3, -0.25) is 4.90 Å². The molecular formula is C11H14N2O2. The van der Waals surface area contributed by atoms with Crippen molar-refractivity contribution in [2.45, 2.75) is 6.54 Å². The normalized spacial score (nSPS) is 10.2. The molecular weight excluding hydrogens is 192 g/mol. The minimum atomic E-state index is 0.0969. The first-order valence-electron chi connectivity index (χ1n) is 4.73. The van der Waals surface area contributed by atoms with E-state index in [1.54, 1.807) is 18.2 Å². The maximum absolute atomic E-state index is 8.83. The van der Waals surface area contributed by atoms with E-state index in [0.717, 1.165) is 5.76 Å². The average Bonchev–Trinajstić information content (AvgIpc) is 2.66. The Hall–Kier alpha value is -1.57. The predicted molar refractivity (Wildman–Crippen MR) is 56.0 cm³/mol. The molecule has 0 spiro atoms. The van der Waals surface area contributed by atoms with Crippen LogP contribution in [-0.2, 0) is 6.54 Å². The van der Waals surface area contributed by atoms with Crippen LogP contribution in [0.4, 0.5) is 0 Å². The Morgan fingerprint density at radius 1 is 1.60 bits per heavy atom. The molecule has 0 aliphatic heterocycles. The maximum Gasteiger partial charge on any atom is 0.203 e. The van der Waals surface area contributed by atoms with Gasteiger partial charge in [0, 0.05) is 13.1 Å². The standard InChI is InChI=1S/C11H14N2O2/c1-2-5-13(6-7-14)9-11-4-3-10(8-12)15-11/h2-4,14H,1,5-7,9H2. The Morgan fingerprint density at radius 3 is 2.93 bits per heavy atom. The number of aliphatic hydroxyl groups is 1. The maximum atomic E-state index is 8.83. The number of aliphatic hydroxyl groups excluding tert-OH is 1. The molecule has 0 aliphatic carbocycles. The first-order chi connectivity index (χ1) is 7.30. The van der Waals surface area contributed by atoms with Gasteiger partial charge < -0.3 is 9.52 Å². The van der Waals surface area contributed by atoms with E-state index >= 15 is 0 Å². The minimum absolute atomic E-state index is 0.0969. The predicted octanol–water partition coefficient (Wildman–Crippen LogP) is 1.13. The Bertz CT molecular complexity index is 352. The SMILES string of the molecule is C=CCN(CCO)Cc1ccc(C#N)o1. The Morgan fingerprint density at radius 2 is 2.40 bits per heavy atom. The van der Waals surface area contributed by atoms with E-state index in [-0.39, 0.29) is 6.61 Å². The molecule has 0 fully saturated rings. The van der Waals surface area contributed by atoms with Crippen LogP contribution in [0.5, 0.6) is 0 Å². The highest BCUT2D eigenvalue weighted by molar-refractivity contribution is 5.19. The molecule has 0 unspecified atom stereocenters. The molecule has 0 saturated carbocycles. The van der Waals surface area contributed by atoms with E-state index in [4.69, 9.17) is 14.8 Å². The van der Waals surface area contributed by atoms with Crippen molar-refractivity contribution in [3.8, 4) is 6.07 Å². The van der Waals surface area contributed by atoms with Crippen LogP contribution in [0.3, 0.4) is 0 Å². The van der Waals surface area contributed by atoms with Gasteiger partial charge in [-0.25, -0.2) is 0 Å². The first-order valence-corrected chi connectivity index (χ1v) is 4.73. The molecule has 1 N–H and O–H groups in total. The lowest BCUT2D eigenvalue weighted by atomic mass is 10.3. The van der Waals surface area contributed by atoms with Gasteiger partial charge in [-0.1, -0.05) is 6.08 Å². The van der Waals surface area contributed by atoms with Crippen molar-refractivity contribution in [3.63, 3.8) is 0 Å². The molecule has 0 amide bonds. The zero-order valence-corrected chi connectivity index (χ0v) is 8.52. The second kappa shape index (κ2) is 6.02. The molecule has 1 rings (SSSR count). The fourth-order valence-corrected chi connectivity index (χ4v) is 1.30. The van der Waals surface area contributed by atoms with Gasteiger partial charge in [0.15, 0.2) is 0 Å². The second-order valence-corrected chi connectivity index (χ2v) is 3.13. The van der Waals surface area contributed by atoms with Crippen molar-refractivity contribution in [2.75, 3.05) is 19.7 Å². The summed E-state index contributed by atoms with van der Waals surface area (Å²) < 4.78 is 5.24. The smallest absolute Gasteiger partial charge is 0.203 e. The van der Waals surface area contributed by atoms with E-state index in [2.05, 4.69) is 6.58 Å². The molecule has 0 saturated heterocycles. The second-order valence-electron chi connectivity index (χ2n) is 3.13. The molecule has 1 aromatic heterocycles. The first kappa shape index (κ1) is 11.5.